The number of rotatable bonds is 2. The first-order chi connectivity index (χ1) is 8.66. The number of halogens is 2. The van der Waals surface area contributed by atoms with Gasteiger partial charge < -0.3 is 10.5 Å². The van der Waals surface area contributed by atoms with E-state index in [1.807, 2.05) is 0 Å². The molecule has 3 aromatic rings. The predicted molar refractivity (Wildman–Crippen MR) is 59.3 cm³/mol. The van der Waals surface area contributed by atoms with Crippen molar-refractivity contribution in [1.82, 2.24) is 19.6 Å². The van der Waals surface area contributed by atoms with Gasteiger partial charge in [-0.15, -0.1) is 0 Å². The molecule has 3 rings (SSSR count). The third-order valence-electron chi connectivity index (χ3n) is 2.45. The van der Waals surface area contributed by atoms with Gasteiger partial charge >= 0.3 is 6.61 Å². The number of anilines is 1. The minimum atomic E-state index is -2.92. The summed E-state index contributed by atoms with van der Waals surface area (Å²) in [6.45, 7) is -2.92. The molecule has 0 saturated carbocycles. The SMILES string of the molecule is Nc1nc2c(OC(F)F)cccc2c2ncnn12. The molecule has 6 nitrogen and oxygen atoms in total. The van der Waals surface area contributed by atoms with Crippen LogP contribution >= 0.6 is 0 Å². The number of fused-ring (bicyclic) bond motifs is 3. The zero-order valence-corrected chi connectivity index (χ0v) is 8.92. The normalized spacial score (nSPS) is 11.5. The Morgan fingerprint density at radius 2 is 2.17 bits per heavy atom. The summed E-state index contributed by atoms with van der Waals surface area (Å²) in [5.41, 5.74) is 6.35. The Bertz CT molecular complexity index is 727. The van der Waals surface area contributed by atoms with Gasteiger partial charge in [-0.25, -0.2) is 9.97 Å². The third-order valence-corrected chi connectivity index (χ3v) is 2.45. The van der Waals surface area contributed by atoms with Crippen LogP contribution < -0.4 is 10.5 Å². The van der Waals surface area contributed by atoms with Gasteiger partial charge in [0, 0.05) is 5.39 Å². The molecule has 2 N–H and O–H groups in total. The summed E-state index contributed by atoms with van der Waals surface area (Å²) >= 11 is 0. The highest BCUT2D eigenvalue weighted by molar-refractivity contribution is 5.95. The maximum Gasteiger partial charge on any atom is 0.387 e. The Labute approximate surface area is 99.0 Å². The quantitative estimate of drug-likeness (QED) is 0.746. The number of aromatic nitrogens is 4. The Kier molecular flexibility index (Phi) is 2.22. The van der Waals surface area contributed by atoms with Crippen molar-refractivity contribution < 1.29 is 13.5 Å². The van der Waals surface area contributed by atoms with E-state index in [0.29, 0.717) is 11.0 Å². The van der Waals surface area contributed by atoms with Crippen LogP contribution in [0.1, 0.15) is 0 Å². The van der Waals surface area contributed by atoms with Gasteiger partial charge in [0.15, 0.2) is 11.4 Å². The summed E-state index contributed by atoms with van der Waals surface area (Å²) in [5, 5.41) is 4.43. The first kappa shape index (κ1) is 10.6. The molecule has 0 aliphatic heterocycles. The average molecular weight is 251 g/mol. The average Bonchev–Trinajstić information content (AvgIpc) is 2.79. The lowest BCUT2D eigenvalue weighted by molar-refractivity contribution is -0.0489. The van der Waals surface area contributed by atoms with E-state index in [9.17, 15) is 8.78 Å². The summed E-state index contributed by atoms with van der Waals surface area (Å²) in [5.74, 6) is 0.0139. The third kappa shape index (κ3) is 1.50. The first-order valence-corrected chi connectivity index (χ1v) is 4.99. The molecule has 2 heterocycles. The summed E-state index contributed by atoms with van der Waals surface area (Å²) in [6.07, 6.45) is 1.31. The van der Waals surface area contributed by atoms with Crippen molar-refractivity contribution in [3.05, 3.63) is 24.5 Å². The van der Waals surface area contributed by atoms with Gasteiger partial charge in [-0.3, -0.25) is 0 Å². The van der Waals surface area contributed by atoms with Crippen molar-refractivity contribution in [3.8, 4) is 5.75 Å². The number of alkyl halides is 2. The zero-order chi connectivity index (χ0) is 12.7. The van der Waals surface area contributed by atoms with Gasteiger partial charge in [0.2, 0.25) is 5.95 Å². The van der Waals surface area contributed by atoms with Crippen LogP contribution in [0.25, 0.3) is 16.6 Å². The number of para-hydroxylation sites is 1. The zero-order valence-electron chi connectivity index (χ0n) is 8.92. The highest BCUT2D eigenvalue weighted by Gasteiger charge is 2.14. The van der Waals surface area contributed by atoms with E-state index >= 15 is 0 Å². The van der Waals surface area contributed by atoms with Gasteiger partial charge in [0.25, 0.3) is 0 Å². The second kappa shape index (κ2) is 3.76. The summed E-state index contributed by atoms with van der Waals surface area (Å²) in [7, 11) is 0. The van der Waals surface area contributed by atoms with Crippen LogP contribution in [0.4, 0.5) is 14.7 Å². The molecule has 0 aliphatic carbocycles. The number of nitrogens with zero attached hydrogens (tertiary/aromatic N) is 4. The van der Waals surface area contributed by atoms with Crippen LogP contribution in [0.2, 0.25) is 0 Å². The maximum absolute atomic E-state index is 12.3. The van der Waals surface area contributed by atoms with Crippen molar-refractivity contribution in [1.29, 1.82) is 0 Å². The first-order valence-electron chi connectivity index (χ1n) is 4.99. The van der Waals surface area contributed by atoms with Gasteiger partial charge in [-0.2, -0.15) is 18.4 Å². The van der Waals surface area contributed by atoms with Crippen molar-refractivity contribution in [2.45, 2.75) is 6.61 Å². The lowest BCUT2D eigenvalue weighted by atomic mass is 10.2. The standard InChI is InChI=1S/C10H7F2N5O/c11-9(12)18-6-3-1-2-5-7(6)16-10(13)17-8(5)14-4-15-17/h1-4,9H,(H2,13,16). The number of hydrogen-bond acceptors (Lipinski definition) is 5. The van der Waals surface area contributed by atoms with Gasteiger partial charge in [0.05, 0.1) is 0 Å². The number of hydrogen-bond donors (Lipinski definition) is 1. The fourth-order valence-corrected chi connectivity index (χ4v) is 1.76. The Morgan fingerprint density at radius 3 is 2.94 bits per heavy atom. The van der Waals surface area contributed by atoms with E-state index in [4.69, 9.17) is 5.73 Å². The van der Waals surface area contributed by atoms with Gasteiger partial charge in [0.1, 0.15) is 11.8 Å². The fraction of sp³-hybridized carbons (Fsp3) is 0.100. The van der Waals surface area contributed by atoms with Crippen LogP contribution in [0.15, 0.2) is 24.5 Å². The van der Waals surface area contributed by atoms with Crippen molar-refractivity contribution in [2.75, 3.05) is 5.73 Å². The van der Waals surface area contributed by atoms with Gasteiger partial charge in [-0.05, 0) is 12.1 Å². The smallest absolute Gasteiger partial charge is 0.387 e. The molecule has 0 radical (unpaired) electrons. The van der Waals surface area contributed by atoms with E-state index in [1.165, 1.54) is 16.9 Å². The second-order valence-corrected chi connectivity index (χ2v) is 3.50. The Balaban J connectivity index is 2.37. The Hall–Kier alpha value is -2.51. The molecular formula is C10H7F2N5O. The van der Waals surface area contributed by atoms with E-state index in [1.54, 1.807) is 12.1 Å². The lowest BCUT2D eigenvalue weighted by Gasteiger charge is -2.08. The molecule has 8 heteroatoms. The molecule has 0 fully saturated rings. The maximum atomic E-state index is 12.3. The van der Waals surface area contributed by atoms with Crippen LogP contribution in [-0.2, 0) is 0 Å². The lowest BCUT2D eigenvalue weighted by Crippen LogP contribution is -2.06. The van der Waals surface area contributed by atoms with E-state index < -0.39 is 6.61 Å². The minimum absolute atomic E-state index is 0.0419. The summed E-state index contributed by atoms with van der Waals surface area (Å²) in [6, 6.07) is 4.66. The van der Waals surface area contributed by atoms with Crippen LogP contribution in [-0.4, -0.2) is 26.2 Å². The van der Waals surface area contributed by atoms with Crippen LogP contribution in [0.5, 0.6) is 5.75 Å². The summed E-state index contributed by atoms with van der Waals surface area (Å²) < 4.78 is 30.3. The monoisotopic (exact) mass is 251 g/mol. The number of ether oxygens (including phenoxy) is 1. The van der Waals surface area contributed by atoms with E-state index in [2.05, 4.69) is 19.8 Å². The number of nitrogen functional groups attached to an aromatic ring is 1. The van der Waals surface area contributed by atoms with Crippen LogP contribution in [0.3, 0.4) is 0 Å². The molecule has 1 aromatic carbocycles. The minimum Gasteiger partial charge on any atom is -0.432 e. The molecule has 0 saturated heterocycles. The Morgan fingerprint density at radius 1 is 1.33 bits per heavy atom. The molecule has 18 heavy (non-hydrogen) atoms. The van der Waals surface area contributed by atoms with E-state index in [-0.39, 0.29) is 17.2 Å². The molecule has 0 amide bonds. The predicted octanol–water partition coefficient (Wildman–Crippen LogP) is 1.46. The number of nitrogens with two attached hydrogens (primary N) is 1. The van der Waals surface area contributed by atoms with Crippen molar-refractivity contribution >= 4 is 22.5 Å². The molecule has 92 valence electrons. The van der Waals surface area contributed by atoms with E-state index in [0.717, 1.165) is 0 Å². The molecule has 2 aromatic heterocycles. The topological polar surface area (TPSA) is 78.3 Å². The molecule has 0 atom stereocenters. The molecule has 0 aliphatic rings. The van der Waals surface area contributed by atoms with Crippen LogP contribution in [0, 0.1) is 0 Å². The summed E-state index contributed by atoms with van der Waals surface area (Å²) in [4.78, 5) is 8.03. The molecule has 0 spiro atoms. The highest BCUT2D eigenvalue weighted by atomic mass is 19.3. The molecule has 0 unspecified atom stereocenters. The van der Waals surface area contributed by atoms with Crippen molar-refractivity contribution in [2.24, 2.45) is 0 Å². The number of benzene rings is 1. The highest BCUT2D eigenvalue weighted by Crippen LogP contribution is 2.28. The molecular weight excluding hydrogens is 244 g/mol. The molecule has 0 bridgehead atoms. The second-order valence-electron chi connectivity index (χ2n) is 3.50. The van der Waals surface area contributed by atoms with Crippen molar-refractivity contribution in [3.63, 3.8) is 0 Å². The van der Waals surface area contributed by atoms with Gasteiger partial charge in [-0.1, -0.05) is 6.07 Å². The fourth-order valence-electron chi connectivity index (χ4n) is 1.76. The largest absolute Gasteiger partial charge is 0.432 e.